The lowest BCUT2D eigenvalue weighted by molar-refractivity contribution is 0.0709. The highest BCUT2D eigenvalue weighted by Gasteiger charge is 2.24. The molecule has 1 aliphatic heterocycles. The SMILES string of the molecule is C[C@H](NC(=O)c1cc(-c2ccc(F)cc2)n[nH]1)[C@@H]1CCCO1. The van der Waals surface area contributed by atoms with Crippen LogP contribution in [0.3, 0.4) is 0 Å². The van der Waals surface area contributed by atoms with E-state index in [1.807, 2.05) is 6.92 Å². The summed E-state index contributed by atoms with van der Waals surface area (Å²) in [4.78, 5) is 12.2. The fourth-order valence-electron chi connectivity index (χ4n) is 2.58. The van der Waals surface area contributed by atoms with Gasteiger partial charge in [-0.1, -0.05) is 0 Å². The van der Waals surface area contributed by atoms with Crippen molar-refractivity contribution in [1.82, 2.24) is 15.5 Å². The van der Waals surface area contributed by atoms with Crippen molar-refractivity contribution in [3.63, 3.8) is 0 Å². The van der Waals surface area contributed by atoms with Gasteiger partial charge in [0.05, 0.1) is 17.8 Å². The first-order valence-electron chi connectivity index (χ1n) is 7.37. The van der Waals surface area contributed by atoms with E-state index in [-0.39, 0.29) is 23.9 Å². The van der Waals surface area contributed by atoms with Crippen LogP contribution < -0.4 is 5.32 Å². The standard InChI is InChI=1S/C16H18FN3O2/c1-10(15-3-2-8-22-15)18-16(21)14-9-13(19-20-14)11-4-6-12(17)7-5-11/h4-7,9-10,15H,2-3,8H2,1H3,(H,18,21)(H,19,20)/t10-,15-/m0/s1. The van der Waals surface area contributed by atoms with Gasteiger partial charge in [0.15, 0.2) is 0 Å². The molecule has 0 bridgehead atoms. The molecule has 3 rings (SSSR count). The third-order valence-corrected chi connectivity index (χ3v) is 3.84. The quantitative estimate of drug-likeness (QED) is 0.912. The summed E-state index contributed by atoms with van der Waals surface area (Å²) in [6.45, 7) is 2.69. The van der Waals surface area contributed by atoms with Crippen molar-refractivity contribution >= 4 is 5.91 Å². The Bertz CT molecular complexity index is 648. The molecule has 0 unspecified atom stereocenters. The number of amides is 1. The van der Waals surface area contributed by atoms with E-state index < -0.39 is 0 Å². The third kappa shape index (κ3) is 3.17. The molecule has 1 amide bonds. The summed E-state index contributed by atoms with van der Waals surface area (Å²) in [5.74, 6) is -0.522. The molecule has 1 saturated heterocycles. The minimum absolute atomic E-state index is 0.0485. The molecule has 0 spiro atoms. The van der Waals surface area contributed by atoms with Crippen molar-refractivity contribution in [3.05, 3.63) is 41.8 Å². The van der Waals surface area contributed by atoms with Crippen LogP contribution in [0, 0.1) is 5.82 Å². The van der Waals surface area contributed by atoms with Gasteiger partial charge in [0.25, 0.3) is 5.91 Å². The molecule has 2 atom stereocenters. The van der Waals surface area contributed by atoms with Gasteiger partial charge >= 0.3 is 0 Å². The summed E-state index contributed by atoms with van der Waals surface area (Å²) < 4.78 is 18.5. The number of carbonyl (C=O) groups is 1. The molecule has 6 heteroatoms. The van der Waals surface area contributed by atoms with E-state index in [2.05, 4.69) is 15.5 Å². The Kier molecular flexibility index (Phi) is 4.20. The Morgan fingerprint density at radius 1 is 1.45 bits per heavy atom. The predicted octanol–water partition coefficient (Wildman–Crippen LogP) is 2.51. The van der Waals surface area contributed by atoms with E-state index in [9.17, 15) is 9.18 Å². The van der Waals surface area contributed by atoms with Crippen LogP contribution in [0.4, 0.5) is 4.39 Å². The van der Waals surface area contributed by atoms with E-state index in [4.69, 9.17) is 4.74 Å². The van der Waals surface area contributed by atoms with Crippen LogP contribution in [-0.2, 0) is 4.74 Å². The average Bonchev–Trinajstić information content (AvgIpc) is 3.20. The Balaban J connectivity index is 1.67. The number of nitrogens with zero attached hydrogens (tertiary/aromatic N) is 1. The van der Waals surface area contributed by atoms with Gasteiger partial charge in [-0.3, -0.25) is 9.89 Å². The van der Waals surface area contributed by atoms with Gasteiger partial charge < -0.3 is 10.1 Å². The normalized spacial score (nSPS) is 19.1. The number of nitrogens with one attached hydrogen (secondary N) is 2. The van der Waals surface area contributed by atoms with Gasteiger partial charge in [-0.05, 0) is 50.1 Å². The fraction of sp³-hybridized carbons (Fsp3) is 0.375. The van der Waals surface area contributed by atoms with Gasteiger partial charge in [0.1, 0.15) is 11.5 Å². The molecular formula is C16H18FN3O2. The van der Waals surface area contributed by atoms with E-state index in [0.717, 1.165) is 25.0 Å². The number of H-pyrrole nitrogens is 1. The van der Waals surface area contributed by atoms with Gasteiger partial charge in [0.2, 0.25) is 0 Å². The smallest absolute Gasteiger partial charge is 0.269 e. The number of aromatic nitrogens is 2. The Hall–Kier alpha value is -2.21. The van der Waals surface area contributed by atoms with Gasteiger partial charge in [0, 0.05) is 12.2 Å². The highest BCUT2D eigenvalue weighted by molar-refractivity contribution is 5.93. The van der Waals surface area contributed by atoms with Crippen LogP contribution in [-0.4, -0.2) is 34.9 Å². The first kappa shape index (κ1) is 14.7. The molecule has 2 aromatic rings. The highest BCUT2D eigenvalue weighted by Crippen LogP contribution is 2.19. The molecule has 1 aromatic heterocycles. The van der Waals surface area contributed by atoms with Crippen molar-refractivity contribution in [2.24, 2.45) is 0 Å². The number of benzene rings is 1. The number of rotatable bonds is 4. The zero-order valence-corrected chi connectivity index (χ0v) is 12.3. The lowest BCUT2D eigenvalue weighted by Crippen LogP contribution is -2.40. The summed E-state index contributed by atoms with van der Waals surface area (Å²) in [6.07, 6.45) is 2.07. The van der Waals surface area contributed by atoms with E-state index >= 15 is 0 Å². The fourth-order valence-corrected chi connectivity index (χ4v) is 2.58. The Labute approximate surface area is 127 Å². The van der Waals surface area contributed by atoms with Gasteiger partial charge in [-0.2, -0.15) is 5.10 Å². The number of ether oxygens (including phenoxy) is 1. The van der Waals surface area contributed by atoms with Crippen molar-refractivity contribution in [3.8, 4) is 11.3 Å². The summed E-state index contributed by atoms with van der Waals surface area (Å²) in [6, 6.07) is 7.59. The Morgan fingerprint density at radius 3 is 2.91 bits per heavy atom. The molecule has 1 aromatic carbocycles. The van der Waals surface area contributed by atoms with Crippen molar-refractivity contribution in [1.29, 1.82) is 0 Å². The molecule has 5 nitrogen and oxygen atoms in total. The number of hydrogen-bond donors (Lipinski definition) is 2. The zero-order valence-electron chi connectivity index (χ0n) is 12.3. The summed E-state index contributed by atoms with van der Waals surface area (Å²) in [7, 11) is 0. The average molecular weight is 303 g/mol. The second-order valence-corrected chi connectivity index (χ2v) is 5.49. The molecule has 0 saturated carbocycles. The van der Waals surface area contributed by atoms with Crippen LogP contribution >= 0.6 is 0 Å². The topological polar surface area (TPSA) is 67.0 Å². The van der Waals surface area contributed by atoms with Crippen molar-refractivity contribution in [2.75, 3.05) is 6.61 Å². The molecule has 0 aliphatic carbocycles. The van der Waals surface area contributed by atoms with Crippen molar-refractivity contribution < 1.29 is 13.9 Å². The highest BCUT2D eigenvalue weighted by atomic mass is 19.1. The molecule has 0 radical (unpaired) electrons. The van der Waals surface area contributed by atoms with Crippen LogP contribution in [0.25, 0.3) is 11.3 Å². The Morgan fingerprint density at radius 2 is 2.23 bits per heavy atom. The molecule has 2 N–H and O–H groups in total. The second kappa shape index (κ2) is 6.27. The third-order valence-electron chi connectivity index (χ3n) is 3.84. The first-order chi connectivity index (χ1) is 10.6. The molecule has 22 heavy (non-hydrogen) atoms. The largest absolute Gasteiger partial charge is 0.376 e. The number of halogens is 1. The van der Waals surface area contributed by atoms with E-state index in [1.54, 1.807) is 18.2 Å². The van der Waals surface area contributed by atoms with Gasteiger partial charge in [-0.15, -0.1) is 0 Å². The maximum absolute atomic E-state index is 12.9. The number of aromatic amines is 1. The van der Waals surface area contributed by atoms with Crippen LogP contribution in [0.1, 0.15) is 30.3 Å². The summed E-state index contributed by atoms with van der Waals surface area (Å²) in [5.41, 5.74) is 1.74. The maximum Gasteiger partial charge on any atom is 0.269 e. The molecule has 2 heterocycles. The monoisotopic (exact) mass is 303 g/mol. The molecule has 1 fully saturated rings. The predicted molar refractivity (Wildman–Crippen MR) is 79.9 cm³/mol. The van der Waals surface area contributed by atoms with Crippen LogP contribution in [0.15, 0.2) is 30.3 Å². The summed E-state index contributed by atoms with van der Waals surface area (Å²) in [5, 5.41) is 9.74. The molecule has 116 valence electrons. The minimum atomic E-state index is -0.303. The first-order valence-corrected chi connectivity index (χ1v) is 7.37. The molecular weight excluding hydrogens is 285 g/mol. The van der Waals surface area contributed by atoms with Crippen molar-refractivity contribution in [2.45, 2.75) is 31.9 Å². The zero-order chi connectivity index (χ0) is 15.5. The van der Waals surface area contributed by atoms with Crippen LogP contribution in [0.2, 0.25) is 0 Å². The number of carbonyl (C=O) groups excluding carboxylic acids is 1. The van der Waals surface area contributed by atoms with E-state index in [0.29, 0.717) is 11.4 Å². The second-order valence-electron chi connectivity index (χ2n) is 5.49. The van der Waals surface area contributed by atoms with Gasteiger partial charge in [-0.25, -0.2) is 4.39 Å². The number of hydrogen-bond acceptors (Lipinski definition) is 3. The molecule has 1 aliphatic rings. The van der Waals surface area contributed by atoms with E-state index in [1.165, 1.54) is 12.1 Å². The summed E-state index contributed by atoms with van der Waals surface area (Å²) >= 11 is 0. The lowest BCUT2D eigenvalue weighted by Gasteiger charge is -2.19. The minimum Gasteiger partial charge on any atom is -0.376 e. The maximum atomic E-state index is 12.9. The van der Waals surface area contributed by atoms with Crippen LogP contribution in [0.5, 0.6) is 0 Å². The lowest BCUT2D eigenvalue weighted by atomic mass is 10.1.